The number of carbonyl (C=O) groups excluding carboxylic acids is 6. The highest BCUT2D eigenvalue weighted by atomic mass is 16.2. The summed E-state index contributed by atoms with van der Waals surface area (Å²) in [4.78, 5) is 93.1. The van der Waals surface area contributed by atoms with Crippen molar-refractivity contribution in [1.82, 2.24) is 40.1 Å². The van der Waals surface area contributed by atoms with Crippen molar-refractivity contribution in [3.05, 3.63) is 64.8 Å². The van der Waals surface area contributed by atoms with Crippen molar-refractivity contribution in [3.63, 3.8) is 0 Å². The van der Waals surface area contributed by atoms with Gasteiger partial charge < -0.3 is 35.6 Å². The maximum Gasteiger partial charge on any atom is 0.320 e. The molecule has 2 atom stereocenters. The fourth-order valence-electron chi connectivity index (χ4n) is 10.9. The maximum atomic E-state index is 13.4. The van der Waals surface area contributed by atoms with E-state index in [-0.39, 0.29) is 36.4 Å². The lowest BCUT2D eigenvalue weighted by Gasteiger charge is -2.39. The summed E-state index contributed by atoms with van der Waals surface area (Å²) in [6.07, 6.45) is 9.62. The molecule has 3 aromatic rings. The van der Waals surface area contributed by atoms with Crippen molar-refractivity contribution in [1.29, 1.82) is 0 Å². The van der Waals surface area contributed by atoms with E-state index in [1.165, 1.54) is 12.0 Å². The zero-order chi connectivity index (χ0) is 44.1. The molecule has 0 radical (unpaired) electrons. The van der Waals surface area contributed by atoms with E-state index in [1.807, 2.05) is 28.0 Å². The fourth-order valence-corrected chi connectivity index (χ4v) is 10.9. The molecule has 1 aliphatic carbocycles. The summed E-state index contributed by atoms with van der Waals surface area (Å²) in [6.45, 7) is 7.67. The van der Waals surface area contributed by atoms with Crippen LogP contribution < -0.4 is 26.2 Å². The van der Waals surface area contributed by atoms with E-state index < -0.39 is 35.6 Å². The van der Waals surface area contributed by atoms with Gasteiger partial charge in [0.15, 0.2) is 11.5 Å². The summed E-state index contributed by atoms with van der Waals surface area (Å²) >= 11 is 0. The minimum atomic E-state index is -0.974. The van der Waals surface area contributed by atoms with Crippen LogP contribution in [0.2, 0.25) is 0 Å². The molecular formula is C46H56N12O6. The quantitative estimate of drug-likeness (QED) is 0.236. The van der Waals surface area contributed by atoms with Crippen molar-refractivity contribution in [2.24, 2.45) is 11.7 Å². The van der Waals surface area contributed by atoms with Crippen LogP contribution in [0.1, 0.15) is 113 Å². The predicted octanol–water partition coefficient (Wildman–Crippen LogP) is 3.47. The molecule has 0 bridgehead atoms. The maximum absolute atomic E-state index is 13.4. The lowest BCUT2D eigenvalue weighted by Crippen LogP contribution is -2.54. The number of hydrogen-bond acceptors (Lipinski definition) is 13. The number of piperidine rings is 4. The average molecular weight is 873 g/mol. The Morgan fingerprint density at radius 1 is 0.734 bits per heavy atom. The molecule has 0 spiro atoms. The Bertz CT molecular complexity index is 2340. The van der Waals surface area contributed by atoms with Gasteiger partial charge in [0.05, 0.1) is 17.2 Å². The predicted molar refractivity (Wildman–Crippen MR) is 236 cm³/mol. The van der Waals surface area contributed by atoms with E-state index in [0.717, 1.165) is 120 Å². The molecule has 6 fully saturated rings. The number of imide groups is 2. The van der Waals surface area contributed by atoms with Crippen LogP contribution in [0.15, 0.2) is 42.5 Å². The van der Waals surface area contributed by atoms with E-state index in [2.05, 4.69) is 47.7 Å². The number of urea groups is 1. The number of benzene rings is 2. The minimum Gasteiger partial charge on any atom is -0.371 e. The van der Waals surface area contributed by atoms with Gasteiger partial charge in [-0.15, -0.1) is 10.2 Å². The topological polar surface area (TPSA) is 211 Å². The highest BCUT2D eigenvalue weighted by Gasteiger charge is 2.45. The number of anilines is 4. The molecule has 1 aromatic heterocycles. The standard InChI is InChI=1S/C46H56N12O6/c47-40(60)39-41(50-45(52-51-39)55-18-2-5-34(27-55)57-24-23-56(46(57)64)32-3-1-4-32)48-31-8-6-29(7-9-31)30-16-19-53(20-17-30)26-28-14-21-54(22-15-28)33-10-11-35-36(25-33)44(63)58(43(35)62)37-12-13-38(59)49-42(37)61/h6-11,25,28,30,32,34,37H,1-5,12-24,26-27H2,(H2,47,60)(H,48,50,52)(H,49,59,61). The molecule has 2 unspecified atom stereocenters. The second-order valence-electron chi connectivity index (χ2n) is 18.6. The summed E-state index contributed by atoms with van der Waals surface area (Å²) in [5.74, 6) is -1.00. The van der Waals surface area contributed by atoms with Gasteiger partial charge in [-0.2, -0.15) is 4.98 Å². The molecule has 4 N–H and O–H groups in total. The Hall–Kier alpha value is -6.17. The molecule has 2 aromatic carbocycles. The lowest BCUT2D eigenvalue weighted by atomic mass is 9.88. The SMILES string of the molecule is NC(=O)c1nnc(N2CCCC(N3CCN(C4CCC4)C3=O)C2)nc1Nc1ccc(C2CCN(CC3CCN(c4ccc5c(c4)C(=O)N(C4CCC(=O)NC4=O)C5=O)CC3)CC2)cc1. The molecule has 18 nitrogen and oxygen atoms in total. The van der Waals surface area contributed by atoms with E-state index >= 15 is 0 Å². The second-order valence-corrected chi connectivity index (χ2v) is 18.6. The Labute approximate surface area is 371 Å². The first-order chi connectivity index (χ1) is 31.1. The summed E-state index contributed by atoms with van der Waals surface area (Å²) in [5, 5.41) is 14.0. The summed E-state index contributed by atoms with van der Waals surface area (Å²) in [5.41, 5.74) is 9.25. The molecular weight excluding hydrogens is 817 g/mol. The summed E-state index contributed by atoms with van der Waals surface area (Å²) in [7, 11) is 0. The van der Waals surface area contributed by atoms with Crippen molar-refractivity contribution >= 4 is 58.7 Å². The van der Waals surface area contributed by atoms with Gasteiger partial charge in [-0.1, -0.05) is 12.1 Å². The van der Waals surface area contributed by atoms with Crippen molar-refractivity contribution < 1.29 is 28.8 Å². The smallest absolute Gasteiger partial charge is 0.320 e. The zero-order valence-corrected chi connectivity index (χ0v) is 36.1. The van der Waals surface area contributed by atoms with Crippen LogP contribution in [0, 0.1) is 5.92 Å². The molecule has 18 heteroatoms. The van der Waals surface area contributed by atoms with Gasteiger partial charge in [0.25, 0.3) is 17.7 Å². The van der Waals surface area contributed by atoms with Crippen molar-refractivity contribution in [3.8, 4) is 0 Å². The second kappa shape index (κ2) is 17.4. The third-order valence-corrected chi connectivity index (χ3v) is 14.8. The number of aromatic nitrogens is 3. The number of hydrogen-bond donors (Lipinski definition) is 3. The first kappa shape index (κ1) is 41.8. The number of rotatable bonds is 11. The summed E-state index contributed by atoms with van der Waals surface area (Å²) < 4.78 is 0. The van der Waals surface area contributed by atoms with Gasteiger partial charge >= 0.3 is 6.03 Å². The average Bonchev–Trinajstić information content (AvgIpc) is 3.78. The molecule has 6 aliphatic heterocycles. The highest BCUT2D eigenvalue weighted by Crippen LogP contribution is 2.35. The molecule has 5 saturated heterocycles. The van der Waals surface area contributed by atoms with Crippen LogP contribution >= 0.6 is 0 Å². The van der Waals surface area contributed by atoms with Crippen LogP contribution in [0.3, 0.4) is 0 Å². The molecule has 7 amide bonds. The third kappa shape index (κ3) is 8.11. The Balaban J connectivity index is 0.699. The van der Waals surface area contributed by atoms with Gasteiger partial charge in [0.2, 0.25) is 17.8 Å². The lowest BCUT2D eigenvalue weighted by molar-refractivity contribution is -0.136. The number of nitrogens with two attached hydrogens (primary N) is 1. The minimum absolute atomic E-state index is 0.0252. The Morgan fingerprint density at radius 3 is 2.16 bits per heavy atom. The van der Waals surface area contributed by atoms with Gasteiger partial charge in [-0.3, -0.25) is 34.2 Å². The van der Waals surface area contributed by atoms with Crippen molar-refractivity contribution in [2.75, 3.05) is 74.0 Å². The molecule has 7 heterocycles. The number of fused-ring (bicyclic) bond motifs is 1. The highest BCUT2D eigenvalue weighted by molar-refractivity contribution is 6.23. The molecule has 10 rings (SSSR count). The van der Waals surface area contributed by atoms with Crippen LogP contribution in [-0.2, 0) is 9.59 Å². The van der Waals surface area contributed by atoms with E-state index in [9.17, 15) is 28.8 Å². The van der Waals surface area contributed by atoms with Crippen LogP contribution in [0.4, 0.5) is 27.9 Å². The number of nitrogens with zero attached hydrogens (tertiary/aromatic N) is 9. The molecule has 7 aliphatic rings. The number of likely N-dealkylation sites (tertiary alicyclic amines) is 1. The normalized spacial score (nSPS) is 24.1. The first-order valence-corrected chi connectivity index (χ1v) is 23.1. The zero-order valence-electron chi connectivity index (χ0n) is 36.1. The number of nitrogens with one attached hydrogen (secondary N) is 2. The number of carbonyl (C=O) groups is 6. The van der Waals surface area contributed by atoms with E-state index in [0.29, 0.717) is 41.5 Å². The fraction of sp³-hybridized carbons (Fsp3) is 0.543. The first-order valence-electron chi connectivity index (χ1n) is 23.1. The number of amides is 7. The van der Waals surface area contributed by atoms with Gasteiger partial charge in [0.1, 0.15) is 6.04 Å². The van der Waals surface area contributed by atoms with Crippen LogP contribution in [0.25, 0.3) is 0 Å². The Kier molecular flexibility index (Phi) is 11.4. The van der Waals surface area contributed by atoms with Crippen LogP contribution in [0.5, 0.6) is 0 Å². The monoisotopic (exact) mass is 872 g/mol. The Morgan fingerprint density at radius 2 is 1.45 bits per heavy atom. The van der Waals surface area contributed by atoms with Gasteiger partial charge in [-0.25, -0.2) is 4.79 Å². The van der Waals surface area contributed by atoms with Crippen LogP contribution in [-0.4, -0.2) is 147 Å². The van der Waals surface area contributed by atoms with E-state index in [4.69, 9.17) is 10.7 Å². The molecule has 336 valence electrons. The third-order valence-electron chi connectivity index (χ3n) is 14.8. The molecule has 1 saturated carbocycles. The van der Waals surface area contributed by atoms with Crippen molar-refractivity contribution in [2.45, 2.75) is 94.7 Å². The molecule has 64 heavy (non-hydrogen) atoms. The largest absolute Gasteiger partial charge is 0.371 e. The van der Waals surface area contributed by atoms with Gasteiger partial charge in [0, 0.05) is 69.7 Å². The van der Waals surface area contributed by atoms with Gasteiger partial charge in [-0.05, 0) is 125 Å². The van der Waals surface area contributed by atoms with E-state index in [1.54, 1.807) is 12.1 Å². The number of primary amides is 1. The summed E-state index contributed by atoms with van der Waals surface area (Å²) in [6, 6.07) is 13.3.